The Hall–Kier alpha value is -2.36. The zero-order valence-corrected chi connectivity index (χ0v) is 9.72. The molecule has 0 fully saturated rings. The summed E-state index contributed by atoms with van der Waals surface area (Å²) < 4.78 is 0. The van der Waals surface area contributed by atoms with Crippen LogP contribution in [0.25, 0.3) is 10.8 Å². The summed E-state index contributed by atoms with van der Waals surface area (Å²) in [5, 5.41) is 11.5. The van der Waals surface area contributed by atoms with Crippen LogP contribution in [0, 0.1) is 0 Å². The molecule has 2 aromatic rings. The maximum Gasteiger partial charge on any atom is 0.217 e. The van der Waals surface area contributed by atoms with E-state index in [-0.39, 0.29) is 29.9 Å². The number of carbonyl (C=O) groups is 2. The van der Waals surface area contributed by atoms with Gasteiger partial charge in [0, 0.05) is 12.8 Å². The molecule has 0 saturated carbocycles. The van der Waals surface area contributed by atoms with E-state index in [0.29, 0.717) is 0 Å². The van der Waals surface area contributed by atoms with Crippen molar-refractivity contribution >= 4 is 22.5 Å². The Labute approximate surface area is 104 Å². The molecule has 0 radical (unpaired) electrons. The number of fused-ring (bicyclic) bond motifs is 1. The average Bonchev–Trinajstić information content (AvgIpc) is 2.35. The molecule has 0 atom stereocenters. The lowest BCUT2D eigenvalue weighted by Gasteiger charge is -2.05. The van der Waals surface area contributed by atoms with Gasteiger partial charge in [0.15, 0.2) is 5.78 Å². The van der Waals surface area contributed by atoms with Gasteiger partial charge in [-0.1, -0.05) is 24.3 Å². The molecule has 0 aliphatic heterocycles. The van der Waals surface area contributed by atoms with Gasteiger partial charge in [-0.15, -0.1) is 0 Å². The van der Waals surface area contributed by atoms with Crippen molar-refractivity contribution in [3.63, 3.8) is 0 Å². The molecule has 18 heavy (non-hydrogen) atoms. The number of primary amides is 1. The quantitative estimate of drug-likeness (QED) is 0.806. The van der Waals surface area contributed by atoms with Gasteiger partial charge >= 0.3 is 0 Å². The number of hydrogen-bond acceptors (Lipinski definition) is 3. The molecule has 4 heteroatoms. The number of aromatic hydroxyl groups is 1. The van der Waals surface area contributed by atoms with Crippen molar-refractivity contribution in [1.82, 2.24) is 0 Å². The van der Waals surface area contributed by atoms with Gasteiger partial charge in [0.2, 0.25) is 5.91 Å². The van der Waals surface area contributed by atoms with Crippen LogP contribution in [-0.2, 0) is 4.79 Å². The Balaban J connectivity index is 2.35. The fourth-order valence-electron chi connectivity index (χ4n) is 1.82. The van der Waals surface area contributed by atoms with Gasteiger partial charge < -0.3 is 10.8 Å². The van der Waals surface area contributed by atoms with Crippen molar-refractivity contribution in [1.29, 1.82) is 0 Å². The second-order valence-electron chi connectivity index (χ2n) is 4.11. The van der Waals surface area contributed by atoms with Crippen LogP contribution in [-0.4, -0.2) is 16.8 Å². The zero-order valence-electron chi connectivity index (χ0n) is 9.72. The van der Waals surface area contributed by atoms with Crippen molar-refractivity contribution in [2.75, 3.05) is 0 Å². The largest absolute Gasteiger partial charge is 0.507 e. The third-order valence-corrected chi connectivity index (χ3v) is 2.76. The second kappa shape index (κ2) is 4.87. The number of amides is 1. The second-order valence-corrected chi connectivity index (χ2v) is 4.11. The monoisotopic (exact) mass is 243 g/mol. The summed E-state index contributed by atoms with van der Waals surface area (Å²) >= 11 is 0. The molecule has 2 aromatic carbocycles. The number of benzene rings is 2. The van der Waals surface area contributed by atoms with Crippen LogP contribution in [0.1, 0.15) is 23.2 Å². The van der Waals surface area contributed by atoms with E-state index < -0.39 is 5.91 Å². The van der Waals surface area contributed by atoms with Gasteiger partial charge in [-0.3, -0.25) is 9.59 Å². The average molecular weight is 243 g/mol. The van der Waals surface area contributed by atoms with Crippen LogP contribution in [0.4, 0.5) is 0 Å². The SMILES string of the molecule is NC(=O)CCC(=O)c1cc2ccccc2cc1O. The molecule has 1 amide bonds. The first-order valence-electron chi connectivity index (χ1n) is 5.61. The van der Waals surface area contributed by atoms with Gasteiger partial charge in [0.05, 0.1) is 5.56 Å². The number of rotatable bonds is 4. The highest BCUT2D eigenvalue weighted by Crippen LogP contribution is 2.26. The van der Waals surface area contributed by atoms with E-state index in [9.17, 15) is 14.7 Å². The van der Waals surface area contributed by atoms with Crippen molar-refractivity contribution < 1.29 is 14.7 Å². The van der Waals surface area contributed by atoms with Gasteiger partial charge in [0.25, 0.3) is 0 Å². The van der Waals surface area contributed by atoms with E-state index in [0.717, 1.165) is 10.8 Å². The standard InChI is InChI=1S/C14H13NO3/c15-14(18)6-5-12(16)11-7-9-3-1-2-4-10(9)8-13(11)17/h1-4,7-8,17H,5-6H2,(H2,15,18). The molecule has 0 aliphatic carbocycles. The van der Waals surface area contributed by atoms with E-state index in [2.05, 4.69) is 0 Å². The lowest BCUT2D eigenvalue weighted by Crippen LogP contribution is -2.12. The summed E-state index contributed by atoms with van der Waals surface area (Å²) in [6.07, 6.45) is 0.00628. The minimum atomic E-state index is -0.524. The highest BCUT2D eigenvalue weighted by molar-refractivity contribution is 6.03. The van der Waals surface area contributed by atoms with E-state index in [1.807, 2.05) is 24.3 Å². The molecule has 0 saturated heterocycles. The first kappa shape index (κ1) is 12.1. The molecular formula is C14H13NO3. The highest BCUT2D eigenvalue weighted by Gasteiger charge is 2.13. The van der Waals surface area contributed by atoms with Gasteiger partial charge in [-0.2, -0.15) is 0 Å². The normalized spacial score (nSPS) is 10.4. The van der Waals surface area contributed by atoms with Crippen molar-refractivity contribution in [3.8, 4) is 5.75 Å². The van der Waals surface area contributed by atoms with Crippen LogP contribution >= 0.6 is 0 Å². The maximum atomic E-state index is 11.8. The Morgan fingerprint density at radius 2 is 1.67 bits per heavy atom. The molecule has 0 aromatic heterocycles. The number of ketones is 1. The third kappa shape index (κ3) is 2.48. The van der Waals surface area contributed by atoms with Crippen LogP contribution in [0.15, 0.2) is 36.4 Å². The topological polar surface area (TPSA) is 80.4 Å². The maximum absolute atomic E-state index is 11.8. The van der Waals surface area contributed by atoms with Crippen LogP contribution in [0.3, 0.4) is 0 Å². The fourth-order valence-corrected chi connectivity index (χ4v) is 1.82. The van der Waals surface area contributed by atoms with E-state index in [1.54, 1.807) is 12.1 Å². The van der Waals surface area contributed by atoms with E-state index in [1.165, 1.54) is 0 Å². The fraction of sp³-hybridized carbons (Fsp3) is 0.143. The van der Waals surface area contributed by atoms with Crippen LogP contribution in [0.2, 0.25) is 0 Å². The minimum absolute atomic E-state index is 0.00883. The minimum Gasteiger partial charge on any atom is -0.507 e. The summed E-state index contributed by atoms with van der Waals surface area (Å²) in [7, 11) is 0. The molecule has 3 N–H and O–H groups in total. The molecule has 0 spiro atoms. The van der Waals surface area contributed by atoms with Gasteiger partial charge in [0.1, 0.15) is 5.75 Å². The number of hydrogen-bond donors (Lipinski definition) is 2. The van der Waals surface area contributed by atoms with Gasteiger partial charge in [-0.05, 0) is 22.9 Å². The summed E-state index contributed by atoms with van der Waals surface area (Å²) in [5.41, 5.74) is 5.23. The highest BCUT2D eigenvalue weighted by atomic mass is 16.3. The lowest BCUT2D eigenvalue weighted by atomic mass is 10.0. The van der Waals surface area contributed by atoms with Crippen molar-refractivity contribution in [3.05, 3.63) is 42.0 Å². The number of phenolic OH excluding ortho intramolecular Hbond substituents is 1. The van der Waals surface area contributed by atoms with Crippen LogP contribution in [0.5, 0.6) is 5.75 Å². The molecule has 0 unspecified atom stereocenters. The zero-order chi connectivity index (χ0) is 13.1. The summed E-state index contributed by atoms with van der Waals surface area (Å²) in [5.74, 6) is -0.871. The summed E-state index contributed by atoms with van der Waals surface area (Å²) in [6, 6.07) is 10.6. The molecule has 4 nitrogen and oxygen atoms in total. The predicted octanol–water partition coefficient (Wildman–Crippen LogP) is 1.99. The van der Waals surface area contributed by atoms with Gasteiger partial charge in [-0.25, -0.2) is 0 Å². The first-order chi connectivity index (χ1) is 8.58. The molecule has 0 heterocycles. The molecule has 92 valence electrons. The summed E-state index contributed by atoms with van der Waals surface area (Å²) in [4.78, 5) is 22.5. The predicted molar refractivity (Wildman–Crippen MR) is 68.4 cm³/mol. The Kier molecular flexibility index (Phi) is 3.28. The van der Waals surface area contributed by atoms with Crippen LogP contribution < -0.4 is 5.73 Å². The molecule has 2 rings (SSSR count). The number of carbonyl (C=O) groups excluding carboxylic acids is 2. The smallest absolute Gasteiger partial charge is 0.217 e. The van der Waals surface area contributed by atoms with E-state index in [4.69, 9.17) is 5.73 Å². The molecule has 0 bridgehead atoms. The summed E-state index contributed by atoms with van der Waals surface area (Å²) in [6.45, 7) is 0. The first-order valence-corrected chi connectivity index (χ1v) is 5.61. The number of phenols is 1. The Bertz CT molecular complexity index is 619. The molecular weight excluding hydrogens is 230 g/mol. The Morgan fingerprint density at radius 1 is 1.06 bits per heavy atom. The molecule has 0 aliphatic rings. The van der Waals surface area contributed by atoms with E-state index >= 15 is 0 Å². The number of nitrogens with two attached hydrogens (primary N) is 1. The van der Waals surface area contributed by atoms with Crippen molar-refractivity contribution in [2.24, 2.45) is 5.73 Å². The van der Waals surface area contributed by atoms with Crippen molar-refractivity contribution in [2.45, 2.75) is 12.8 Å². The Morgan fingerprint density at radius 3 is 2.28 bits per heavy atom. The number of Topliss-reactive ketones (excluding diaryl/α,β-unsaturated/α-hetero) is 1. The third-order valence-electron chi connectivity index (χ3n) is 2.76. The lowest BCUT2D eigenvalue weighted by molar-refractivity contribution is -0.118.